The molecule has 1 fully saturated rings. The van der Waals surface area contributed by atoms with Gasteiger partial charge in [0.2, 0.25) is 5.91 Å². The molecule has 1 atom stereocenters. The molecule has 1 N–H and O–H groups in total. The van der Waals surface area contributed by atoms with Crippen LogP contribution in [0.5, 0.6) is 0 Å². The second-order valence-electron chi connectivity index (χ2n) is 8.44. The van der Waals surface area contributed by atoms with E-state index in [1.807, 2.05) is 46.9 Å². The summed E-state index contributed by atoms with van der Waals surface area (Å²) in [4.78, 5) is 21.3. The third-order valence-corrected chi connectivity index (χ3v) is 8.64. The molecule has 2 aromatic heterocycles. The molecule has 0 aliphatic carbocycles. The fourth-order valence-electron chi connectivity index (χ4n) is 4.43. The van der Waals surface area contributed by atoms with Gasteiger partial charge in [0.05, 0.1) is 15.4 Å². The van der Waals surface area contributed by atoms with Gasteiger partial charge in [0.25, 0.3) is 10.0 Å². The first-order valence-corrected chi connectivity index (χ1v) is 13.9. The van der Waals surface area contributed by atoms with Crippen LogP contribution in [0.1, 0.15) is 8.35 Å². The lowest BCUT2D eigenvalue weighted by Crippen LogP contribution is -2.54. The van der Waals surface area contributed by atoms with Crippen LogP contribution in [0.25, 0.3) is 10.9 Å². The van der Waals surface area contributed by atoms with Gasteiger partial charge in [0.15, 0.2) is 5.13 Å². The average molecular weight is 532 g/mol. The summed E-state index contributed by atoms with van der Waals surface area (Å²) >= 11 is 7.59. The van der Waals surface area contributed by atoms with Crippen molar-refractivity contribution < 1.29 is 14.6 Å². The minimum absolute atomic E-state index is 0. The fraction of sp³-hybridized carbons (Fsp3) is 0.250. The van der Waals surface area contributed by atoms with Gasteiger partial charge in [-0.05, 0) is 43.3 Å². The van der Waals surface area contributed by atoms with Crippen molar-refractivity contribution in [3.8, 4) is 0 Å². The van der Waals surface area contributed by atoms with Crippen molar-refractivity contribution in [3.63, 3.8) is 0 Å². The molecule has 0 bridgehead atoms. The Balaban J connectivity index is 0.00000304. The summed E-state index contributed by atoms with van der Waals surface area (Å²) in [6.07, 6.45) is 3.45. The number of fused-ring (bicyclic) bond motifs is 1. The summed E-state index contributed by atoms with van der Waals surface area (Å²) in [5, 5.41) is 3.68. The van der Waals surface area contributed by atoms with Crippen LogP contribution in [0, 0.1) is 0 Å². The Morgan fingerprint density at radius 3 is 2.71 bits per heavy atom. The summed E-state index contributed by atoms with van der Waals surface area (Å²) in [6, 6.07) is 14.5. The first-order valence-electron chi connectivity index (χ1n) is 11.1. The first kappa shape index (κ1) is 23.7. The molecule has 2 aromatic carbocycles. The van der Waals surface area contributed by atoms with E-state index in [0.29, 0.717) is 29.8 Å². The van der Waals surface area contributed by atoms with Gasteiger partial charge in [-0.15, -0.1) is 11.3 Å². The quantitative estimate of drug-likeness (QED) is 0.395. The van der Waals surface area contributed by atoms with E-state index in [-0.39, 0.29) is 24.8 Å². The maximum atomic E-state index is 13.1. The molecule has 5 rings (SSSR count). The highest BCUT2D eigenvalue weighted by atomic mass is 35.5. The molecular formula is C24H26ClN5O3S2. The molecule has 8 nitrogen and oxygen atoms in total. The van der Waals surface area contributed by atoms with Crippen molar-refractivity contribution in [1.29, 1.82) is 0 Å². The van der Waals surface area contributed by atoms with Crippen LogP contribution in [-0.4, -0.2) is 54.5 Å². The summed E-state index contributed by atoms with van der Waals surface area (Å²) < 4.78 is 29.5. The Bertz CT molecular complexity index is 1460. The average Bonchev–Trinajstić information content (AvgIpc) is 3.49. The van der Waals surface area contributed by atoms with Gasteiger partial charge in [-0.2, -0.15) is 0 Å². The Hall–Kier alpha value is -3.08. The Morgan fingerprint density at radius 2 is 2.00 bits per heavy atom. The second-order valence-corrected chi connectivity index (χ2v) is 11.4. The maximum absolute atomic E-state index is 13.1. The number of hydrogen-bond donors (Lipinski definition) is 1. The van der Waals surface area contributed by atoms with Gasteiger partial charge in [0, 0.05) is 56.0 Å². The van der Waals surface area contributed by atoms with Crippen molar-refractivity contribution >= 4 is 60.6 Å². The van der Waals surface area contributed by atoms with Gasteiger partial charge >= 0.3 is 0 Å². The Morgan fingerprint density at radius 1 is 1.20 bits per heavy atom. The number of benzene rings is 2. The molecule has 1 aliphatic rings. The molecule has 1 saturated heterocycles. The van der Waals surface area contributed by atoms with E-state index in [9.17, 15) is 13.2 Å². The van der Waals surface area contributed by atoms with Crippen LogP contribution in [0.2, 0.25) is 5.02 Å². The molecule has 4 aromatic rings. The van der Waals surface area contributed by atoms with Crippen molar-refractivity contribution in [2.75, 3.05) is 29.3 Å². The smallest absolute Gasteiger partial charge is 0.263 e. The van der Waals surface area contributed by atoms with Crippen LogP contribution < -0.4 is 9.62 Å². The minimum atomic E-state index is -3.69. The van der Waals surface area contributed by atoms with Gasteiger partial charge in [-0.1, -0.05) is 23.7 Å². The first-order chi connectivity index (χ1) is 16.8. The van der Waals surface area contributed by atoms with Crippen LogP contribution in [0.15, 0.2) is 71.2 Å². The number of para-hydroxylation sites is 1. The standard InChI is InChI=1S/C24H24ClN5O3S2.H2/c1-17-15-28(19-5-7-20(8-6-19)35(32,33)27-24-26-10-14-34-24)12-13-30(17)22(31)16-29-11-9-18-3-2-4-21(25)23(18)29;/h2-11,14,17H,12-13,15-16H2,1H3,(H,26,27);1H. The number of nitrogens with zero attached hydrogens (tertiary/aromatic N) is 4. The molecule has 1 aliphatic heterocycles. The lowest BCUT2D eigenvalue weighted by atomic mass is 10.1. The number of piperazine rings is 1. The number of thiazole rings is 1. The third-order valence-electron chi connectivity index (χ3n) is 6.16. The Labute approximate surface area is 214 Å². The van der Waals surface area contributed by atoms with Crippen molar-refractivity contribution in [2.24, 2.45) is 0 Å². The number of sulfonamides is 1. The van der Waals surface area contributed by atoms with E-state index < -0.39 is 10.0 Å². The number of carbonyl (C=O) groups is 1. The SMILES string of the molecule is CC1CN(c2ccc(S(=O)(=O)Nc3nccs3)cc2)CCN1C(=O)Cn1ccc2cccc(Cl)c21.[HH]. The summed E-state index contributed by atoms with van der Waals surface area (Å²) in [7, 11) is -3.69. The number of amides is 1. The van der Waals surface area contributed by atoms with E-state index in [2.05, 4.69) is 14.6 Å². The summed E-state index contributed by atoms with van der Waals surface area (Å²) in [5.74, 6) is 0.0456. The number of aromatic nitrogens is 2. The zero-order valence-corrected chi connectivity index (χ0v) is 21.4. The van der Waals surface area contributed by atoms with Crippen LogP contribution in [0.3, 0.4) is 0 Å². The van der Waals surface area contributed by atoms with Gasteiger partial charge < -0.3 is 14.4 Å². The molecule has 11 heteroatoms. The van der Waals surface area contributed by atoms with E-state index in [4.69, 9.17) is 11.6 Å². The Kier molecular flexibility index (Phi) is 6.43. The number of anilines is 2. The number of nitrogens with one attached hydrogen (secondary N) is 1. The normalized spacial score (nSPS) is 16.6. The minimum Gasteiger partial charge on any atom is -0.368 e. The molecule has 35 heavy (non-hydrogen) atoms. The molecule has 184 valence electrons. The molecule has 3 heterocycles. The fourth-order valence-corrected chi connectivity index (χ4v) is 6.51. The highest BCUT2D eigenvalue weighted by Crippen LogP contribution is 2.26. The van der Waals surface area contributed by atoms with Crippen molar-refractivity contribution in [3.05, 3.63) is 71.3 Å². The highest BCUT2D eigenvalue weighted by Gasteiger charge is 2.28. The maximum Gasteiger partial charge on any atom is 0.263 e. The highest BCUT2D eigenvalue weighted by molar-refractivity contribution is 7.93. The van der Waals surface area contributed by atoms with Gasteiger partial charge in [-0.3, -0.25) is 9.52 Å². The molecule has 1 amide bonds. The monoisotopic (exact) mass is 531 g/mol. The molecule has 0 radical (unpaired) electrons. The van der Waals surface area contributed by atoms with Crippen LogP contribution in [0.4, 0.5) is 10.8 Å². The van der Waals surface area contributed by atoms with Gasteiger partial charge in [-0.25, -0.2) is 13.4 Å². The largest absolute Gasteiger partial charge is 0.368 e. The topological polar surface area (TPSA) is 87.5 Å². The van der Waals surface area contributed by atoms with E-state index in [0.717, 1.165) is 16.6 Å². The molecule has 0 spiro atoms. The van der Waals surface area contributed by atoms with Crippen molar-refractivity contribution in [1.82, 2.24) is 14.5 Å². The van der Waals surface area contributed by atoms with E-state index >= 15 is 0 Å². The van der Waals surface area contributed by atoms with Crippen LogP contribution >= 0.6 is 22.9 Å². The second kappa shape index (κ2) is 9.52. The zero-order chi connectivity index (χ0) is 24.6. The number of halogens is 1. The lowest BCUT2D eigenvalue weighted by molar-refractivity contribution is -0.134. The number of rotatable bonds is 6. The van der Waals surface area contributed by atoms with E-state index in [1.165, 1.54) is 11.3 Å². The van der Waals surface area contributed by atoms with Gasteiger partial charge in [0.1, 0.15) is 6.54 Å². The van der Waals surface area contributed by atoms with Crippen molar-refractivity contribution in [2.45, 2.75) is 24.4 Å². The predicted molar refractivity (Wildman–Crippen MR) is 142 cm³/mol. The third kappa shape index (κ3) is 4.86. The molecular weight excluding hydrogens is 506 g/mol. The lowest BCUT2D eigenvalue weighted by Gasteiger charge is -2.41. The number of hydrogen-bond acceptors (Lipinski definition) is 6. The number of carbonyl (C=O) groups excluding carboxylic acids is 1. The molecule has 1 unspecified atom stereocenters. The van der Waals surface area contributed by atoms with Crippen LogP contribution in [-0.2, 0) is 21.4 Å². The summed E-state index contributed by atoms with van der Waals surface area (Å²) in [6.45, 7) is 4.16. The zero-order valence-electron chi connectivity index (χ0n) is 19.0. The molecule has 0 saturated carbocycles. The predicted octanol–water partition coefficient (Wildman–Crippen LogP) is 4.54. The summed E-state index contributed by atoms with van der Waals surface area (Å²) in [5.41, 5.74) is 1.79. The van der Waals surface area contributed by atoms with E-state index in [1.54, 1.807) is 35.8 Å².